The van der Waals surface area contributed by atoms with Gasteiger partial charge in [0.2, 0.25) is 0 Å². The normalized spacial score (nSPS) is 13.1. The molecule has 0 unspecified atom stereocenters. The van der Waals surface area contributed by atoms with Crippen molar-refractivity contribution in [3.63, 3.8) is 0 Å². The molecule has 0 saturated carbocycles. The van der Waals surface area contributed by atoms with Crippen molar-refractivity contribution in [2.24, 2.45) is 0 Å². The van der Waals surface area contributed by atoms with Crippen LogP contribution in [0.2, 0.25) is 0 Å². The summed E-state index contributed by atoms with van der Waals surface area (Å²) in [7, 11) is 0. The molecule has 0 saturated heterocycles. The molecule has 0 rings (SSSR count). The van der Waals surface area contributed by atoms with Gasteiger partial charge in [-0.3, -0.25) is 0 Å². The lowest BCUT2D eigenvalue weighted by molar-refractivity contribution is 1.21. The topological polar surface area (TPSA) is 0 Å². The van der Waals surface area contributed by atoms with Gasteiger partial charge in [0.1, 0.15) is 0 Å². The Kier molecular flexibility index (Phi) is 6.40. The Bertz CT molecular complexity index is 180. The minimum atomic E-state index is 1.07. The van der Waals surface area contributed by atoms with Gasteiger partial charge >= 0.3 is 0 Å². The molecule has 0 heterocycles. The summed E-state index contributed by atoms with van der Waals surface area (Å²) in [5, 5.41) is 0. The van der Waals surface area contributed by atoms with E-state index in [0.717, 1.165) is 6.42 Å². The Morgan fingerprint density at radius 2 is 2.09 bits per heavy atom. The zero-order chi connectivity index (χ0) is 8.53. The Labute approximate surface area is 69.6 Å². The summed E-state index contributed by atoms with van der Waals surface area (Å²) in [5.41, 5.74) is 1.25. The van der Waals surface area contributed by atoms with Crippen LogP contribution in [0.5, 0.6) is 0 Å². The van der Waals surface area contributed by atoms with Crippen molar-refractivity contribution in [1.29, 1.82) is 0 Å². The first-order chi connectivity index (χ1) is 5.35. The second-order valence-electron chi connectivity index (χ2n) is 2.21. The largest absolute Gasteiger partial charge is 0.0991 e. The van der Waals surface area contributed by atoms with Crippen LogP contribution in [-0.2, 0) is 0 Å². The number of hydrogen-bond donors (Lipinski definition) is 0. The van der Waals surface area contributed by atoms with Crippen LogP contribution in [0.1, 0.15) is 20.3 Å². The molecule has 60 valence electrons. The Morgan fingerprint density at radius 3 is 2.55 bits per heavy atom. The van der Waals surface area contributed by atoms with Crippen LogP contribution in [0.25, 0.3) is 0 Å². The Morgan fingerprint density at radius 1 is 1.36 bits per heavy atom. The van der Waals surface area contributed by atoms with Gasteiger partial charge in [0.25, 0.3) is 0 Å². The molecule has 0 radical (unpaired) electrons. The predicted octanol–water partition coefficient (Wildman–Crippen LogP) is 3.64. The molecule has 0 heteroatoms. The van der Waals surface area contributed by atoms with Crippen LogP contribution >= 0.6 is 0 Å². The third-order valence-electron chi connectivity index (χ3n) is 1.22. The summed E-state index contributed by atoms with van der Waals surface area (Å²) in [4.78, 5) is 0. The van der Waals surface area contributed by atoms with Gasteiger partial charge in [-0.25, -0.2) is 0 Å². The molecule has 0 aliphatic rings. The van der Waals surface area contributed by atoms with Gasteiger partial charge in [0, 0.05) is 0 Å². The first-order valence-electron chi connectivity index (χ1n) is 3.97. The lowest BCUT2D eigenvalue weighted by Crippen LogP contribution is -1.69. The average molecular weight is 148 g/mol. The minimum Gasteiger partial charge on any atom is -0.0991 e. The van der Waals surface area contributed by atoms with E-state index in [0.29, 0.717) is 0 Å². The smallest absolute Gasteiger partial charge is 0.0300 e. The molecule has 11 heavy (non-hydrogen) atoms. The fraction of sp³-hybridized carbons (Fsp3) is 0.273. The molecular formula is C11H16. The van der Waals surface area contributed by atoms with Gasteiger partial charge < -0.3 is 0 Å². The third-order valence-corrected chi connectivity index (χ3v) is 1.22. The van der Waals surface area contributed by atoms with E-state index in [4.69, 9.17) is 0 Å². The van der Waals surface area contributed by atoms with E-state index in [-0.39, 0.29) is 0 Å². The highest BCUT2D eigenvalue weighted by Gasteiger charge is 1.80. The van der Waals surface area contributed by atoms with Gasteiger partial charge in [-0.05, 0) is 18.9 Å². The molecule has 0 amide bonds. The molecule has 0 atom stereocenters. The summed E-state index contributed by atoms with van der Waals surface area (Å²) < 4.78 is 0. The van der Waals surface area contributed by atoms with Gasteiger partial charge in [0.15, 0.2) is 0 Å². The molecule has 0 spiro atoms. The van der Waals surface area contributed by atoms with E-state index in [9.17, 15) is 0 Å². The third kappa shape index (κ3) is 5.41. The summed E-state index contributed by atoms with van der Waals surface area (Å²) in [6.45, 7) is 7.76. The second-order valence-corrected chi connectivity index (χ2v) is 2.21. The molecule has 0 aliphatic heterocycles. The standard InChI is InChI=1S/C11H16/c1-4-7-10-11(8-5-2)9-6-3/h4-5,7-10H,1,6H2,2-3H3/b8-5-,10-7+,11-9+. The van der Waals surface area contributed by atoms with Crippen molar-refractivity contribution in [2.75, 3.05) is 0 Å². The Hall–Kier alpha value is -1.04. The molecule has 0 aromatic carbocycles. The maximum Gasteiger partial charge on any atom is -0.0300 e. The number of hydrogen-bond acceptors (Lipinski definition) is 0. The van der Waals surface area contributed by atoms with Crippen LogP contribution in [0.4, 0.5) is 0 Å². The van der Waals surface area contributed by atoms with E-state index >= 15 is 0 Å². The van der Waals surface area contributed by atoms with Crippen LogP contribution in [0, 0.1) is 0 Å². The van der Waals surface area contributed by atoms with E-state index < -0.39 is 0 Å². The van der Waals surface area contributed by atoms with Crippen LogP contribution < -0.4 is 0 Å². The van der Waals surface area contributed by atoms with Crippen LogP contribution in [0.15, 0.2) is 48.6 Å². The van der Waals surface area contributed by atoms with E-state index in [1.807, 2.05) is 19.1 Å². The SMILES string of the molecule is C=C/C=C/C(/C=C\C)=C/CC. The van der Waals surface area contributed by atoms with Gasteiger partial charge in [-0.1, -0.05) is 50.0 Å². The first kappa shape index (κ1) is 9.96. The average Bonchev–Trinajstić information content (AvgIpc) is 2.01. The number of allylic oxidation sites excluding steroid dienone is 7. The molecule has 0 nitrogen and oxygen atoms in total. The van der Waals surface area contributed by atoms with E-state index in [1.165, 1.54) is 5.57 Å². The summed E-state index contributed by atoms with van der Waals surface area (Å²) in [6.07, 6.45) is 13.2. The summed E-state index contributed by atoms with van der Waals surface area (Å²) >= 11 is 0. The highest BCUT2D eigenvalue weighted by Crippen LogP contribution is 2.00. The molecule has 0 N–H and O–H groups in total. The van der Waals surface area contributed by atoms with Crippen molar-refractivity contribution in [2.45, 2.75) is 20.3 Å². The maximum atomic E-state index is 3.61. The fourth-order valence-corrected chi connectivity index (χ4v) is 0.799. The summed E-state index contributed by atoms with van der Waals surface area (Å²) in [6, 6.07) is 0. The van der Waals surface area contributed by atoms with Crippen LogP contribution in [0.3, 0.4) is 0 Å². The van der Waals surface area contributed by atoms with E-state index in [2.05, 4.69) is 31.7 Å². The van der Waals surface area contributed by atoms with Crippen molar-refractivity contribution in [1.82, 2.24) is 0 Å². The lowest BCUT2D eigenvalue weighted by Gasteiger charge is -1.90. The lowest BCUT2D eigenvalue weighted by atomic mass is 10.2. The second kappa shape index (κ2) is 7.07. The monoisotopic (exact) mass is 148 g/mol. The molecular weight excluding hydrogens is 132 g/mol. The van der Waals surface area contributed by atoms with Crippen LogP contribution in [-0.4, -0.2) is 0 Å². The maximum absolute atomic E-state index is 3.61. The minimum absolute atomic E-state index is 1.07. The molecule has 0 aromatic heterocycles. The van der Waals surface area contributed by atoms with Crippen molar-refractivity contribution < 1.29 is 0 Å². The van der Waals surface area contributed by atoms with Crippen molar-refractivity contribution in [3.05, 3.63) is 48.6 Å². The molecule has 0 aliphatic carbocycles. The quantitative estimate of drug-likeness (QED) is 0.534. The van der Waals surface area contributed by atoms with Gasteiger partial charge in [0.05, 0.1) is 0 Å². The highest BCUT2D eigenvalue weighted by molar-refractivity contribution is 5.31. The van der Waals surface area contributed by atoms with Gasteiger partial charge in [-0.15, -0.1) is 0 Å². The fourth-order valence-electron chi connectivity index (χ4n) is 0.799. The van der Waals surface area contributed by atoms with Crippen molar-refractivity contribution in [3.8, 4) is 0 Å². The van der Waals surface area contributed by atoms with Crippen molar-refractivity contribution >= 4 is 0 Å². The number of rotatable bonds is 4. The molecule has 0 bridgehead atoms. The molecule has 0 fully saturated rings. The van der Waals surface area contributed by atoms with Gasteiger partial charge in [-0.2, -0.15) is 0 Å². The highest BCUT2D eigenvalue weighted by atomic mass is 13.9. The Balaban J connectivity index is 4.21. The summed E-state index contributed by atoms with van der Waals surface area (Å²) in [5.74, 6) is 0. The first-order valence-corrected chi connectivity index (χ1v) is 3.97. The zero-order valence-corrected chi connectivity index (χ0v) is 7.38. The zero-order valence-electron chi connectivity index (χ0n) is 7.38. The predicted molar refractivity (Wildman–Crippen MR) is 52.5 cm³/mol. The molecule has 0 aromatic rings. The van der Waals surface area contributed by atoms with E-state index in [1.54, 1.807) is 6.08 Å².